The van der Waals surface area contributed by atoms with Crippen LogP contribution in [0.25, 0.3) is 0 Å². The Balaban J connectivity index is 2.45. The summed E-state index contributed by atoms with van der Waals surface area (Å²) in [6.07, 6.45) is 3.94. The molecule has 0 radical (unpaired) electrons. The summed E-state index contributed by atoms with van der Waals surface area (Å²) in [5.74, 6) is -0.219. The maximum Gasteiger partial charge on any atom is 0.123 e. The van der Waals surface area contributed by atoms with Gasteiger partial charge in [0.2, 0.25) is 0 Å². The Labute approximate surface area is 89.1 Å². The highest BCUT2D eigenvalue weighted by atomic mass is 35.5. The molecule has 0 heterocycles. The first-order chi connectivity index (χ1) is 6.74. The van der Waals surface area contributed by atoms with Crippen molar-refractivity contribution in [3.63, 3.8) is 0 Å². The van der Waals surface area contributed by atoms with E-state index in [4.69, 9.17) is 17.3 Å². The van der Waals surface area contributed by atoms with Gasteiger partial charge in [-0.3, -0.25) is 0 Å². The Morgan fingerprint density at radius 1 is 1.21 bits per heavy atom. The van der Waals surface area contributed by atoms with E-state index >= 15 is 0 Å². The Morgan fingerprint density at radius 2 is 2.00 bits per heavy atom. The molecule has 0 unspecified atom stereocenters. The number of benzene rings is 1. The van der Waals surface area contributed by atoms with E-state index in [1.54, 1.807) is 6.07 Å². The molecule has 1 aromatic carbocycles. The first-order valence-corrected chi connectivity index (χ1v) is 5.26. The lowest BCUT2D eigenvalue weighted by molar-refractivity contribution is 0.622. The van der Waals surface area contributed by atoms with E-state index in [0.717, 1.165) is 37.8 Å². The van der Waals surface area contributed by atoms with Crippen LogP contribution < -0.4 is 5.73 Å². The van der Waals surface area contributed by atoms with E-state index in [9.17, 15) is 4.39 Å². The summed E-state index contributed by atoms with van der Waals surface area (Å²) in [6.45, 7) is 0.719. The lowest BCUT2D eigenvalue weighted by atomic mass is 10.1. The molecule has 0 atom stereocenters. The SMILES string of the molecule is NCCCCCc1cc(F)ccc1Cl. The van der Waals surface area contributed by atoms with Crippen LogP contribution in [0.2, 0.25) is 5.02 Å². The van der Waals surface area contributed by atoms with Crippen LogP contribution in [0.4, 0.5) is 4.39 Å². The number of nitrogens with two attached hydrogens (primary N) is 1. The monoisotopic (exact) mass is 215 g/mol. The zero-order valence-electron chi connectivity index (χ0n) is 8.10. The van der Waals surface area contributed by atoms with Crippen LogP contribution in [0.5, 0.6) is 0 Å². The summed E-state index contributed by atoms with van der Waals surface area (Å²) < 4.78 is 12.8. The van der Waals surface area contributed by atoms with Crippen LogP contribution in [-0.4, -0.2) is 6.54 Å². The van der Waals surface area contributed by atoms with E-state index in [1.165, 1.54) is 12.1 Å². The predicted molar refractivity (Wildman–Crippen MR) is 58.0 cm³/mol. The number of aryl methyl sites for hydroxylation is 1. The lowest BCUT2D eigenvalue weighted by Crippen LogP contribution is -1.98. The molecule has 0 aliphatic carbocycles. The molecule has 1 aromatic rings. The normalized spacial score (nSPS) is 10.5. The molecule has 0 aromatic heterocycles. The molecule has 0 saturated heterocycles. The van der Waals surface area contributed by atoms with Crippen molar-refractivity contribution < 1.29 is 4.39 Å². The van der Waals surface area contributed by atoms with Gasteiger partial charge in [-0.15, -0.1) is 0 Å². The van der Waals surface area contributed by atoms with Gasteiger partial charge in [0.25, 0.3) is 0 Å². The Hall–Kier alpha value is -0.600. The second kappa shape index (κ2) is 5.99. The summed E-state index contributed by atoms with van der Waals surface area (Å²) in [7, 11) is 0. The predicted octanol–water partition coefficient (Wildman–Crippen LogP) is 3.15. The fraction of sp³-hybridized carbons (Fsp3) is 0.455. The minimum atomic E-state index is -0.219. The molecule has 0 aliphatic rings. The standard InChI is InChI=1S/C11H15ClFN/c12-11-6-5-10(13)8-9(11)4-2-1-3-7-14/h5-6,8H,1-4,7,14H2. The fourth-order valence-corrected chi connectivity index (χ4v) is 1.58. The maximum absolute atomic E-state index is 12.8. The highest BCUT2D eigenvalue weighted by molar-refractivity contribution is 6.31. The molecule has 0 bridgehead atoms. The summed E-state index contributed by atoms with van der Waals surface area (Å²) in [5.41, 5.74) is 6.27. The third-order valence-corrected chi connectivity index (χ3v) is 2.53. The van der Waals surface area contributed by atoms with Gasteiger partial charge in [0.1, 0.15) is 5.82 Å². The number of hydrogen-bond acceptors (Lipinski definition) is 1. The van der Waals surface area contributed by atoms with E-state index < -0.39 is 0 Å². The zero-order chi connectivity index (χ0) is 10.4. The van der Waals surface area contributed by atoms with Crippen molar-refractivity contribution in [1.82, 2.24) is 0 Å². The molecule has 0 fully saturated rings. The second-order valence-electron chi connectivity index (χ2n) is 3.34. The molecular weight excluding hydrogens is 201 g/mol. The van der Waals surface area contributed by atoms with Crippen LogP contribution in [0.1, 0.15) is 24.8 Å². The molecule has 2 N–H and O–H groups in total. The minimum absolute atomic E-state index is 0.219. The maximum atomic E-state index is 12.8. The first-order valence-electron chi connectivity index (χ1n) is 4.88. The van der Waals surface area contributed by atoms with Gasteiger partial charge < -0.3 is 5.73 Å². The number of halogens is 2. The highest BCUT2D eigenvalue weighted by Gasteiger charge is 2.01. The number of unbranched alkanes of at least 4 members (excludes halogenated alkanes) is 2. The van der Waals surface area contributed by atoms with Gasteiger partial charge in [0.05, 0.1) is 0 Å². The van der Waals surface area contributed by atoms with Crippen LogP contribution in [0.15, 0.2) is 18.2 Å². The van der Waals surface area contributed by atoms with Crippen LogP contribution >= 0.6 is 11.6 Å². The summed E-state index contributed by atoms with van der Waals surface area (Å²) in [5, 5.41) is 0.652. The van der Waals surface area contributed by atoms with Crippen molar-refractivity contribution in [2.75, 3.05) is 6.54 Å². The quantitative estimate of drug-likeness (QED) is 0.751. The van der Waals surface area contributed by atoms with Crippen molar-refractivity contribution in [3.8, 4) is 0 Å². The summed E-state index contributed by atoms with van der Waals surface area (Å²) in [4.78, 5) is 0. The third-order valence-electron chi connectivity index (χ3n) is 2.16. The van der Waals surface area contributed by atoms with E-state index in [0.29, 0.717) is 5.02 Å². The van der Waals surface area contributed by atoms with Gasteiger partial charge in [-0.1, -0.05) is 18.0 Å². The van der Waals surface area contributed by atoms with Crippen LogP contribution in [0, 0.1) is 5.82 Å². The average Bonchev–Trinajstić information content (AvgIpc) is 2.18. The minimum Gasteiger partial charge on any atom is -0.330 e. The molecule has 78 valence electrons. The zero-order valence-corrected chi connectivity index (χ0v) is 8.86. The third kappa shape index (κ3) is 3.64. The van der Waals surface area contributed by atoms with E-state index in [1.807, 2.05) is 0 Å². The molecule has 14 heavy (non-hydrogen) atoms. The second-order valence-corrected chi connectivity index (χ2v) is 3.74. The highest BCUT2D eigenvalue weighted by Crippen LogP contribution is 2.19. The largest absolute Gasteiger partial charge is 0.330 e. The molecule has 0 saturated carbocycles. The van der Waals surface area contributed by atoms with Crippen LogP contribution in [0.3, 0.4) is 0 Å². The Kier molecular flexibility index (Phi) is 4.91. The Bertz CT molecular complexity index is 289. The van der Waals surface area contributed by atoms with Gasteiger partial charge in [-0.25, -0.2) is 4.39 Å². The molecule has 1 nitrogen and oxygen atoms in total. The van der Waals surface area contributed by atoms with Gasteiger partial charge in [-0.05, 0) is 49.6 Å². The van der Waals surface area contributed by atoms with Crippen molar-refractivity contribution in [2.24, 2.45) is 5.73 Å². The van der Waals surface area contributed by atoms with Crippen molar-refractivity contribution in [1.29, 1.82) is 0 Å². The first kappa shape index (κ1) is 11.5. The topological polar surface area (TPSA) is 26.0 Å². The molecule has 0 aliphatic heterocycles. The average molecular weight is 216 g/mol. The molecule has 0 spiro atoms. The molecule has 1 rings (SSSR count). The molecular formula is C11H15ClFN. The van der Waals surface area contributed by atoms with E-state index in [2.05, 4.69) is 0 Å². The van der Waals surface area contributed by atoms with Gasteiger partial charge in [0.15, 0.2) is 0 Å². The Morgan fingerprint density at radius 3 is 2.71 bits per heavy atom. The van der Waals surface area contributed by atoms with Crippen LogP contribution in [-0.2, 0) is 6.42 Å². The van der Waals surface area contributed by atoms with Crippen molar-refractivity contribution in [2.45, 2.75) is 25.7 Å². The smallest absolute Gasteiger partial charge is 0.123 e. The fourth-order valence-electron chi connectivity index (χ4n) is 1.37. The van der Waals surface area contributed by atoms with Crippen molar-refractivity contribution in [3.05, 3.63) is 34.6 Å². The van der Waals surface area contributed by atoms with E-state index in [-0.39, 0.29) is 5.82 Å². The summed E-state index contributed by atoms with van der Waals surface area (Å²) in [6, 6.07) is 4.49. The van der Waals surface area contributed by atoms with Gasteiger partial charge in [-0.2, -0.15) is 0 Å². The number of rotatable bonds is 5. The van der Waals surface area contributed by atoms with Crippen molar-refractivity contribution >= 4 is 11.6 Å². The molecule has 3 heteroatoms. The molecule has 0 amide bonds. The van der Waals surface area contributed by atoms with Gasteiger partial charge >= 0.3 is 0 Å². The summed E-state index contributed by atoms with van der Waals surface area (Å²) >= 11 is 5.92. The van der Waals surface area contributed by atoms with Gasteiger partial charge in [0, 0.05) is 5.02 Å². The lowest BCUT2D eigenvalue weighted by Gasteiger charge is -2.03. The number of hydrogen-bond donors (Lipinski definition) is 1.